The van der Waals surface area contributed by atoms with E-state index in [-0.39, 0.29) is 18.0 Å². The van der Waals surface area contributed by atoms with Crippen molar-refractivity contribution in [3.8, 4) is 11.5 Å². The second-order valence-electron chi connectivity index (χ2n) is 8.69. The summed E-state index contributed by atoms with van der Waals surface area (Å²) in [7, 11) is 0. The van der Waals surface area contributed by atoms with Crippen molar-refractivity contribution in [2.45, 2.75) is 49.8 Å². The number of nitrogens with zero attached hydrogens (tertiary/aromatic N) is 2. The van der Waals surface area contributed by atoms with Crippen molar-refractivity contribution in [2.24, 2.45) is 0 Å². The van der Waals surface area contributed by atoms with Gasteiger partial charge in [0.2, 0.25) is 0 Å². The molecule has 4 fully saturated rings. The third kappa shape index (κ3) is 3.60. The van der Waals surface area contributed by atoms with Crippen LogP contribution in [-0.4, -0.2) is 84.6 Å². The molecule has 158 valence electrons. The molecule has 1 N–H and O–H groups in total. The molecular weight excluding hydrogens is 372 g/mol. The van der Waals surface area contributed by atoms with Crippen LogP contribution in [0.15, 0.2) is 18.2 Å². The fourth-order valence-electron chi connectivity index (χ4n) is 5.27. The zero-order valence-corrected chi connectivity index (χ0v) is 16.8. The Kier molecular flexibility index (Phi) is 5.14. The Bertz CT molecular complexity index is 756. The first-order valence-corrected chi connectivity index (χ1v) is 10.9. The molecule has 1 amide bonds. The lowest BCUT2D eigenvalue weighted by molar-refractivity contribution is -0.138. The molecule has 1 aromatic carbocycles. The van der Waals surface area contributed by atoms with Crippen molar-refractivity contribution in [1.82, 2.24) is 9.80 Å². The molecule has 0 spiro atoms. The van der Waals surface area contributed by atoms with Gasteiger partial charge in [-0.3, -0.25) is 9.69 Å². The minimum Gasteiger partial charge on any atom is -0.490 e. The van der Waals surface area contributed by atoms with Crippen LogP contribution in [0.3, 0.4) is 0 Å². The van der Waals surface area contributed by atoms with Gasteiger partial charge in [-0.05, 0) is 43.9 Å². The lowest BCUT2D eigenvalue weighted by atomic mass is 9.70. The van der Waals surface area contributed by atoms with Crippen molar-refractivity contribution in [1.29, 1.82) is 0 Å². The standard InChI is InChI=1S/C22H30N2O5/c25-21(16-2-3-18-19(14-16)29-11-1-10-28-18)24-17-4-6-22(26,7-5-17)20(24)15-23-8-12-27-13-9-23/h2-3,14,17,20,26H,1,4-13,15H2. The number of hydrogen-bond donors (Lipinski definition) is 1. The molecule has 5 aliphatic rings. The third-order valence-corrected chi connectivity index (χ3v) is 6.93. The molecule has 4 aliphatic heterocycles. The van der Waals surface area contributed by atoms with E-state index >= 15 is 0 Å². The molecule has 1 aliphatic carbocycles. The summed E-state index contributed by atoms with van der Waals surface area (Å²) in [6.45, 7) is 5.05. The molecule has 1 saturated carbocycles. The fourth-order valence-corrected chi connectivity index (χ4v) is 5.27. The predicted octanol–water partition coefficient (Wildman–Crippen LogP) is 1.68. The summed E-state index contributed by atoms with van der Waals surface area (Å²) in [6, 6.07) is 5.48. The molecule has 7 heteroatoms. The largest absolute Gasteiger partial charge is 0.490 e. The number of aliphatic hydroxyl groups is 1. The molecule has 4 heterocycles. The molecule has 1 unspecified atom stereocenters. The number of benzene rings is 1. The zero-order chi connectivity index (χ0) is 19.8. The Labute approximate surface area is 171 Å². The van der Waals surface area contributed by atoms with Gasteiger partial charge in [0, 0.05) is 37.7 Å². The zero-order valence-electron chi connectivity index (χ0n) is 16.8. The van der Waals surface area contributed by atoms with Gasteiger partial charge in [-0.2, -0.15) is 0 Å². The summed E-state index contributed by atoms with van der Waals surface area (Å²) in [5.41, 5.74) is -0.189. The van der Waals surface area contributed by atoms with E-state index < -0.39 is 5.60 Å². The van der Waals surface area contributed by atoms with Crippen LogP contribution in [0.1, 0.15) is 42.5 Å². The second kappa shape index (κ2) is 7.78. The molecule has 0 radical (unpaired) electrons. The quantitative estimate of drug-likeness (QED) is 0.830. The van der Waals surface area contributed by atoms with E-state index in [4.69, 9.17) is 14.2 Å². The van der Waals surface area contributed by atoms with Crippen LogP contribution in [0.25, 0.3) is 0 Å². The lowest BCUT2D eigenvalue weighted by Gasteiger charge is -2.57. The van der Waals surface area contributed by atoms with E-state index in [1.807, 2.05) is 17.0 Å². The van der Waals surface area contributed by atoms with Crippen molar-refractivity contribution in [3.63, 3.8) is 0 Å². The van der Waals surface area contributed by atoms with Gasteiger partial charge in [0.1, 0.15) is 0 Å². The van der Waals surface area contributed by atoms with E-state index in [0.717, 1.165) is 45.2 Å². The molecular formula is C22H30N2O5. The summed E-state index contributed by atoms with van der Waals surface area (Å²) < 4.78 is 17.0. The molecule has 1 atom stereocenters. The number of amides is 1. The second-order valence-corrected chi connectivity index (χ2v) is 8.69. The van der Waals surface area contributed by atoms with Crippen LogP contribution in [0.2, 0.25) is 0 Å². The maximum Gasteiger partial charge on any atom is 0.254 e. The van der Waals surface area contributed by atoms with Gasteiger partial charge in [-0.1, -0.05) is 0 Å². The molecule has 6 rings (SSSR count). The van der Waals surface area contributed by atoms with Crippen LogP contribution in [0.5, 0.6) is 11.5 Å². The van der Waals surface area contributed by atoms with Gasteiger partial charge >= 0.3 is 0 Å². The van der Waals surface area contributed by atoms with Gasteiger partial charge in [-0.15, -0.1) is 0 Å². The van der Waals surface area contributed by atoms with Gasteiger partial charge in [0.25, 0.3) is 5.91 Å². The Morgan fingerprint density at radius 1 is 1.07 bits per heavy atom. The highest BCUT2D eigenvalue weighted by atomic mass is 16.5. The highest BCUT2D eigenvalue weighted by molar-refractivity contribution is 5.95. The summed E-state index contributed by atoms with van der Waals surface area (Å²) in [5.74, 6) is 1.32. The van der Waals surface area contributed by atoms with Crippen molar-refractivity contribution in [2.75, 3.05) is 46.1 Å². The molecule has 2 bridgehead atoms. The Balaban J connectivity index is 1.42. The number of hydrogen-bond acceptors (Lipinski definition) is 6. The minimum absolute atomic E-state index is 0.0123. The number of morpholine rings is 1. The van der Waals surface area contributed by atoms with E-state index in [1.54, 1.807) is 6.07 Å². The van der Waals surface area contributed by atoms with Crippen LogP contribution in [-0.2, 0) is 4.74 Å². The number of piperidine rings is 2. The topological polar surface area (TPSA) is 71.5 Å². The van der Waals surface area contributed by atoms with Crippen LogP contribution < -0.4 is 9.47 Å². The van der Waals surface area contributed by atoms with Crippen LogP contribution in [0.4, 0.5) is 0 Å². The van der Waals surface area contributed by atoms with Gasteiger partial charge in [0.05, 0.1) is 38.1 Å². The van der Waals surface area contributed by atoms with Gasteiger partial charge in [-0.25, -0.2) is 0 Å². The fraction of sp³-hybridized carbons (Fsp3) is 0.682. The first kappa shape index (κ1) is 19.2. The molecule has 1 aromatic rings. The average molecular weight is 402 g/mol. The highest BCUT2D eigenvalue weighted by Gasteiger charge is 2.53. The van der Waals surface area contributed by atoms with E-state index in [2.05, 4.69) is 4.90 Å². The molecule has 29 heavy (non-hydrogen) atoms. The normalized spacial score (nSPS) is 32.1. The minimum atomic E-state index is -0.798. The molecule has 7 nitrogen and oxygen atoms in total. The Morgan fingerprint density at radius 3 is 2.55 bits per heavy atom. The number of carbonyl (C=O) groups excluding carboxylic acids is 1. The SMILES string of the molecule is O=C(c1ccc2c(c1)OCCCO2)N1C2CCC(O)(CC2)C1CN1CCOCC1. The van der Waals surface area contributed by atoms with Crippen molar-refractivity contribution < 1.29 is 24.1 Å². The number of rotatable bonds is 3. The number of fused-ring (bicyclic) bond motifs is 4. The summed E-state index contributed by atoms with van der Waals surface area (Å²) >= 11 is 0. The van der Waals surface area contributed by atoms with Gasteiger partial charge in [0.15, 0.2) is 11.5 Å². The summed E-state index contributed by atoms with van der Waals surface area (Å²) in [5, 5.41) is 11.4. The van der Waals surface area contributed by atoms with Crippen LogP contribution >= 0.6 is 0 Å². The van der Waals surface area contributed by atoms with E-state index in [1.165, 1.54) is 0 Å². The van der Waals surface area contributed by atoms with Crippen molar-refractivity contribution in [3.05, 3.63) is 23.8 Å². The third-order valence-electron chi connectivity index (χ3n) is 6.93. The summed E-state index contributed by atoms with van der Waals surface area (Å²) in [4.78, 5) is 17.9. The monoisotopic (exact) mass is 402 g/mol. The highest BCUT2D eigenvalue weighted by Crippen LogP contribution is 2.44. The first-order chi connectivity index (χ1) is 14.1. The number of carbonyl (C=O) groups is 1. The summed E-state index contributed by atoms with van der Waals surface area (Å²) in [6.07, 6.45) is 4.12. The van der Waals surface area contributed by atoms with E-state index in [9.17, 15) is 9.90 Å². The Morgan fingerprint density at radius 2 is 1.79 bits per heavy atom. The van der Waals surface area contributed by atoms with Crippen molar-refractivity contribution >= 4 is 5.91 Å². The maximum absolute atomic E-state index is 13.6. The van der Waals surface area contributed by atoms with E-state index in [0.29, 0.717) is 50.0 Å². The predicted molar refractivity (Wildman–Crippen MR) is 106 cm³/mol. The van der Waals surface area contributed by atoms with Gasteiger partial charge < -0.3 is 24.2 Å². The maximum atomic E-state index is 13.6. The average Bonchev–Trinajstić information content (AvgIpc) is 3.00. The molecule has 0 aromatic heterocycles. The number of ether oxygens (including phenoxy) is 3. The lowest BCUT2D eigenvalue weighted by Crippen LogP contribution is -2.69. The van der Waals surface area contributed by atoms with Crippen LogP contribution in [0, 0.1) is 0 Å². The smallest absolute Gasteiger partial charge is 0.254 e. The molecule has 3 saturated heterocycles. The Hall–Kier alpha value is -1.83. The first-order valence-electron chi connectivity index (χ1n) is 10.9.